The van der Waals surface area contributed by atoms with E-state index in [4.69, 9.17) is 21.1 Å². The summed E-state index contributed by atoms with van der Waals surface area (Å²) in [7, 11) is 1.68. The van der Waals surface area contributed by atoms with Crippen molar-refractivity contribution in [3.63, 3.8) is 0 Å². The largest absolute Gasteiger partial charge is 0.485 e. The van der Waals surface area contributed by atoms with Crippen LogP contribution in [-0.2, 0) is 4.74 Å². The third-order valence-corrected chi connectivity index (χ3v) is 5.34. The maximum atomic E-state index is 6.07. The maximum absolute atomic E-state index is 6.07. The van der Waals surface area contributed by atoms with Gasteiger partial charge in [-0.1, -0.05) is 0 Å². The molecule has 2 nitrogen and oxygen atoms in total. The standard InChI is InChI=1S/C11H10ClI3O2/c1-16-10-6(12)4-9(10)17-11-7(14)2-5(13)3-8(11)15/h2-3,6,9-10H,4H2,1H3. The summed E-state index contributed by atoms with van der Waals surface area (Å²) in [6, 6.07) is 4.22. The topological polar surface area (TPSA) is 18.5 Å². The van der Waals surface area contributed by atoms with Crippen LogP contribution in [0.25, 0.3) is 0 Å². The SMILES string of the molecule is COC1C(Cl)CC1Oc1c(I)cc(I)cc1I. The summed E-state index contributed by atoms with van der Waals surface area (Å²) in [5, 5.41) is 0.0733. The van der Waals surface area contributed by atoms with Gasteiger partial charge in [0.05, 0.1) is 12.5 Å². The summed E-state index contributed by atoms with van der Waals surface area (Å²) < 4.78 is 14.8. The summed E-state index contributed by atoms with van der Waals surface area (Å²) in [5.74, 6) is 0.947. The zero-order chi connectivity index (χ0) is 12.6. The quantitative estimate of drug-likeness (QED) is 0.387. The van der Waals surface area contributed by atoms with Gasteiger partial charge in [0.25, 0.3) is 0 Å². The van der Waals surface area contributed by atoms with Crippen molar-refractivity contribution in [3.8, 4) is 5.75 Å². The van der Waals surface area contributed by atoms with Crippen molar-refractivity contribution in [3.05, 3.63) is 22.8 Å². The molecule has 0 aromatic heterocycles. The Hall–Kier alpha value is 1.46. The van der Waals surface area contributed by atoms with Crippen molar-refractivity contribution in [2.45, 2.75) is 24.0 Å². The van der Waals surface area contributed by atoms with Crippen LogP contribution in [0.15, 0.2) is 12.1 Å². The Balaban J connectivity index is 2.14. The molecule has 0 aliphatic heterocycles. The molecule has 0 radical (unpaired) electrons. The normalized spacial score (nSPS) is 27.7. The van der Waals surface area contributed by atoms with E-state index in [1.165, 1.54) is 3.57 Å². The molecule has 1 fully saturated rings. The van der Waals surface area contributed by atoms with E-state index in [-0.39, 0.29) is 17.6 Å². The molecule has 0 bridgehead atoms. The number of halogens is 4. The smallest absolute Gasteiger partial charge is 0.146 e. The van der Waals surface area contributed by atoms with E-state index in [1.807, 2.05) is 0 Å². The van der Waals surface area contributed by atoms with Gasteiger partial charge in [-0.2, -0.15) is 0 Å². The van der Waals surface area contributed by atoms with Gasteiger partial charge in [-0.25, -0.2) is 0 Å². The minimum absolute atomic E-state index is 0.00236. The molecule has 3 unspecified atom stereocenters. The fourth-order valence-corrected chi connectivity index (χ4v) is 6.01. The van der Waals surface area contributed by atoms with Crippen LogP contribution in [0.5, 0.6) is 5.75 Å². The number of benzene rings is 1. The van der Waals surface area contributed by atoms with Crippen molar-refractivity contribution in [2.75, 3.05) is 7.11 Å². The monoisotopic (exact) mass is 590 g/mol. The van der Waals surface area contributed by atoms with Gasteiger partial charge in [-0.05, 0) is 79.9 Å². The Morgan fingerprint density at radius 3 is 2.29 bits per heavy atom. The molecule has 2 rings (SSSR count). The lowest BCUT2D eigenvalue weighted by atomic mass is 9.91. The first-order valence-corrected chi connectivity index (χ1v) is 8.68. The van der Waals surface area contributed by atoms with Gasteiger partial charge in [0.15, 0.2) is 0 Å². The second-order valence-electron chi connectivity index (χ2n) is 3.81. The van der Waals surface area contributed by atoms with Gasteiger partial charge >= 0.3 is 0 Å². The third-order valence-electron chi connectivity index (χ3n) is 2.68. The second-order valence-corrected chi connectivity index (χ2v) is 7.94. The molecule has 17 heavy (non-hydrogen) atoms. The highest BCUT2D eigenvalue weighted by Crippen LogP contribution is 2.36. The van der Waals surface area contributed by atoms with Gasteiger partial charge in [0, 0.05) is 17.1 Å². The molecule has 0 saturated heterocycles. The van der Waals surface area contributed by atoms with Gasteiger partial charge < -0.3 is 9.47 Å². The molecule has 94 valence electrons. The zero-order valence-corrected chi connectivity index (χ0v) is 16.2. The first kappa shape index (κ1) is 14.9. The molecule has 1 aromatic carbocycles. The Labute approximate surface area is 147 Å². The Bertz CT molecular complexity index is 404. The van der Waals surface area contributed by atoms with E-state index in [0.717, 1.165) is 19.3 Å². The Morgan fingerprint density at radius 1 is 1.24 bits per heavy atom. The minimum atomic E-state index is 0.00236. The summed E-state index contributed by atoms with van der Waals surface area (Å²) in [6.45, 7) is 0. The van der Waals surface area contributed by atoms with Crippen molar-refractivity contribution in [1.82, 2.24) is 0 Å². The highest BCUT2D eigenvalue weighted by atomic mass is 127. The molecular weight excluding hydrogens is 580 g/mol. The lowest BCUT2D eigenvalue weighted by Gasteiger charge is -2.40. The molecular formula is C11H10ClI3O2. The third kappa shape index (κ3) is 3.32. The van der Waals surface area contributed by atoms with E-state index in [2.05, 4.69) is 79.9 Å². The molecule has 1 aromatic rings. The van der Waals surface area contributed by atoms with Gasteiger partial charge in [0.2, 0.25) is 0 Å². The van der Waals surface area contributed by atoms with Crippen LogP contribution in [0, 0.1) is 10.7 Å². The number of hydrogen-bond donors (Lipinski definition) is 0. The molecule has 1 aliphatic rings. The lowest BCUT2D eigenvalue weighted by Crippen LogP contribution is -2.52. The zero-order valence-electron chi connectivity index (χ0n) is 8.92. The average Bonchev–Trinajstić information content (AvgIpc) is 2.21. The molecule has 1 saturated carbocycles. The van der Waals surface area contributed by atoms with Crippen LogP contribution in [0.3, 0.4) is 0 Å². The average molecular weight is 590 g/mol. The van der Waals surface area contributed by atoms with Crippen molar-refractivity contribution in [2.24, 2.45) is 0 Å². The van der Waals surface area contributed by atoms with Gasteiger partial charge in [0.1, 0.15) is 18.0 Å². The molecule has 1 aliphatic carbocycles. The minimum Gasteiger partial charge on any atom is -0.485 e. The number of ether oxygens (including phenoxy) is 2. The number of rotatable bonds is 3. The van der Waals surface area contributed by atoms with E-state index in [1.54, 1.807) is 7.11 Å². The van der Waals surface area contributed by atoms with E-state index < -0.39 is 0 Å². The predicted molar refractivity (Wildman–Crippen MR) is 94.1 cm³/mol. The van der Waals surface area contributed by atoms with Crippen LogP contribution in [0.1, 0.15) is 6.42 Å². The fraction of sp³-hybridized carbons (Fsp3) is 0.455. The van der Waals surface area contributed by atoms with Crippen LogP contribution >= 0.6 is 79.4 Å². The highest BCUT2D eigenvalue weighted by molar-refractivity contribution is 14.1. The van der Waals surface area contributed by atoms with Gasteiger partial charge in [-0.15, -0.1) is 11.6 Å². The summed E-state index contributed by atoms with van der Waals surface area (Å²) in [5.41, 5.74) is 0. The van der Waals surface area contributed by atoms with E-state index in [9.17, 15) is 0 Å². The first-order chi connectivity index (χ1) is 8.02. The summed E-state index contributed by atoms with van der Waals surface area (Å²) in [4.78, 5) is 0. The number of methoxy groups -OCH3 is 1. The van der Waals surface area contributed by atoms with E-state index in [0.29, 0.717) is 0 Å². The number of hydrogen-bond acceptors (Lipinski definition) is 2. The fourth-order valence-electron chi connectivity index (χ4n) is 1.73. The van der Waals surface area contributed by atoms with E-state index >= 15 is 0 Å². The van der Waals surface area contributed by atoms with Crippen LogP contribution in [0.2, 0.25) is 0 Å². The summed E-state index contributed by atoms with van der Waals surface area (Å²) >= 11 is 13.0. The summed E-state index contributed by atoms with van der Waals surface area (Å²) in [6.07, 6.45) is 0.921. The maximum Gasteiger partial charge on any atom is 0.146 e. The lowest BCUT2D eigenvalue weighted by molar-refractivity contribution is -0.0590. The molecule has 6 heteroatoms. The van der Waals surface area contributed by atoms with Crippen LogP contribution in [0.4, 0.5) is 0 Å². The molecule has 3 atom stereocenters. The van der Waals surface area contributed by atoms with Crippen LogP contribution < -0.4 is 4.74 Å². The molecule has 0 spiro atoms. The van der Waals surface area contributed by atoms with Crippen molar-refractivity contribution >= 4 is 79.4 Å². The van der Waals surface area contributed by atoms with Crippen molar-refractivity contribution < 1.29 is 9.47 Å². The molecule has 0 N–H and O–H groups in total. The van der Waals surface area contributed by atoms with Crippen LogP contribution in [-0.4, -0.2) is 24.7 Å². The number of alkyl halides is 1. The highest BCUT2D eigenvalue weighted by Gasteiger charge is 2.42. The van der Waals surface area contributed by atoms with Gasteiger partial charge in [-0.3, -0.25) is 0 Å². The van der Waals surface area contributed by atoms with Crippen molar-refractivity contribution in [1.29, 1.82) is 0 Å². The Kier molecular flexibility index (Phi) is 5.48. The molecule has 0 amide bonds. The Morgan fingerprint density at radius 2 is 1.82 bits per heavy atom. The second kappa shape index (κ2) is 6.27. The first-order valence-electron chi connectivity index (χ1n) is 5.01. The predicted octanol–water partition coefficient (Wildman–Crippen LogP) is 4.27. The molecule has 0 heterocycles.